The minimum Gasteiger partial charge on any atom is -0.468 e. The molecule has 1 unspecified atom stereocenters. The van der Waals surface area contributed by atoms with Gasteiger partial charge in [0, 0.05) is 6.54 Å². The zero-order chi connectivity index (χ0) is 11.7. The molecule has 0 aliphatic heterocycles. The van der Waals surface area contributed by atoms with Gasteiger partial charge in [0.15, 0.2) is 0 Å². The molecule has 0 aromatic rings. The van der Waals surface area contributed by atoms with Gasteiger partial charge in [-0.2, -0.15) is 0 Å². The van der Waals surface area contributed by atoms with Crippen LogP contribution >= 0.6 is 11.6 Å². The summed E-state index contributed by atoms with van der Waals surface area (Å²) in [5, 5.41) is 1.93. The Morgan fingerprint density at radius 1 is 1.27 bits per heavy atom. The van der Waals surface area contributed by atoms with E-state index in [9.17, 15) is 9.59 Å². The first kappa shape index (κ1) is 14.0. The van der Waals surface area contributed by atoms with Crippen molar-refractivity contribution < 1.29 is 19.1 Å². The summed E-state index contributed by atoms with van der Waals surface area (Å²) in [6.07, 6.45) is 1.57. The van der Waals surface area contributed by atoms with Crippen molar-refractivity contribution in [2.24, 2.45) is 0 Å². The summed E-state index contributed by atoms with van der Waals surface area (Å²) < 4.78 is 8.85. The van der Waals surface area contributed by atoms with Gasteiger partial charge in [0.05, 0.1) is 14.2 Å². The number of carbonyl (C=O) groups excluding carboxylic acids is 2. The molecule has 0 saturated heterocycles. The molecule has 1 amide bonds. The number of unbranched alkanes of at least 4 members (excludes halogenated alkanes) is 1. The Balaban J connectivity index is 3.38. The largest absolute Gasteiger partial charge is 0.468 e. The first-order chi connectivity index (χ1) is 7.11. The van der Waals surface area contributed by atoms with Crippen LogP contribution in [0.25, 0.3) is 0 Å². The molecule has 0 fully saturated rings. The number of amides is 1. The van der Waals surface area contributed by atoms with Crippen molar-refractivity contribution in [2.75, 3.05) is 20.8 Å². The first-order valence-electron chi connectivity index (χ1n) is 4.65. The highest BCUT2D eigenvalue weighted by molar-refractivity contribution is 6.29. The zero-order valence-electron chi connectivity index (χ0n) is 8.92. The number of alkyl carbamates (subject to hydrolysis) is 1. The highest BCUT2D eigenvalue weighted by atomic mass is 35.5. The number of methoxy groups -OCH3 is 2. The quantitative estimate of drug-likeness (QED) is 0.430. The summed E-state index contributed by atoms with van der Waals surface area (Å²) in [5.74, 6) is -0.419. The molecular formula is C9H16ClNO4. The number of esters is 1. The molecule has 0 spiro atoms. The van der Waals surface area contributed by atoms with E-state index in [4.69, 9.17) is 11.6 Å². The third-order valence-electron chi connectivity index (χ3n) is 1.80. The zero-order valence-corrected chi connectivity index (χ0v) is 9.67. The second-order valence-electron chi connectivity index (χ2n) is 2.90. The van der Waals surface area contributed by atoms with Crippen molar-refractivity contribution in [2.45, 2.75) is 24.6 Å². The predicted molar refractivity (Wildman–Crippen MR) is 55.9 cm³/mol. The van der Waals surface area contributed by atoms with Crippen molar-refractivity contribution in [1.29, 1.82) is 0 Å². The Hall–Kier alpha value is -0.970. The van der Waals surface area contributed by atoms with E-state index < -0.39 is 17.4 Å². The molecule has 0 bridgehead atoms. The monoisotopic (exact) mass is 237 g/mol. The average Bonchev–Trinajstić information content (AvgIpc) is 2.26. The fourth-order valence-corrected chi connectivity index (χ4v) is 1.20. The fraction of sp³-hybridized carbons (Fsp3) is 0.778. The van der Waals surface area contributed by atoms with Crippen LogP contribution in [0, 0.1) is 0 Å². The van der Waals surface area contributed by atoms with E-state index in [1.54, 1.807) is 0 Å². The Bertz CT molecular complexity index is 210. The smallest absolute Gasteiger partial charge is 0.406 e. The van der Waals surface area contributed by atoms with Crippen molar-refractivity contribution in [3.8, 4) is 0 Å². The molecule has 0 aliphatic carbocycles. The van der Waals surface area contributed by atoms with Crippen LogP contribution in [0.2, 0.25) is 0 Å². The highest BCUT2D eigenvalue weighted by Gasteiger charge is 2.14. The number of rotatable bonds is 6. The molecular weight excluding hydrogens is 222 g/mol. The van der Waals surface area contributed by atoms with Gasteiger partial charge in [-0.15, -0.1) is 11.6 Å². The second-order valence-corrected chi connectivity index (χ2v) is 3.43. The van der Waals surface area contributed by atoms with Crippen LogP contribution in [-0.4, -0.2) is 38.2 Å². The minimum atomic E-state index is -0.604. The van der Waals surface area contributed by atoms with Crippen LogP contribution in [0.3, 0.4) is 0 Å². The van der Waals surface area contributed by atoms with Gasteiger partial charge in [-0.25, -0.2) is 4.79 Å². The summed E-state index contributed by atoms with van der Waals surface area (Å²) >= 11 is 5.71. The maximum atomic E-state index is 10.9. The lowest BCUT2D eigenvalue weighted by Gasteiger charge is -2.07. The molecule has 1 atom stereocenters. The molecule has 0 heterocycles. The van der Waals surface area contributed by atoms with Crippen molar-refractivity contribution in [3.05, 3.63) is 0 Å². The Labute approximate surface area is 94.1 Å². The van der Waals surface area contributed by atoms with E-state index in [-0.39, 0.29) is 0 Å². The van der Waals surface area contributed by atoms with E-state index in [0.29, 0.717) is 13.0 Å². The van der Waals surface area contributed by atoms with Crippen LogP contribution in [0.15, 0.2) is 0 Å². The maximum Gasteiger partial charge on any atom is 0.406 e. The lowest BCUT2D eigenvalue weighted by Crippen LogP contribution is -2.24. The van der Waals surface area contributed by atoms with E-state index >= 15 is 0 Å². The molecule has 1 N–H and O–H groups in total. The Morgan fingerprint density at radius 3 is 2.47 bits per heavy atom. The van der Waals surface area contributed by atoms with E-state index in [2.05, 4.69) is 14.8 Å². The summed E-state index contributed by atoms with van der Waals surface area (Å²) in [6, 6.07) is 0. The molecule has 88 valence electrons. The lowest BCUT2D eigenvalue weighted by molar-refractivity contribution is -0.140. The molecule has 0 radical (unpaired) electrons. The third-order valence-corrected chi connectivity index (χ3v) is 2.19. The summed E-state index contributed by atoms with van der Waals surface area (Å²) in [6.45, 7) is 0.511. The Kier molecular flexibility index (Phi) is 7.81. The standard InChI is InChI=1S/C9H16ClNO4/c1-14-8(12)7(10)5-3-4-6-11-9(13)15-2/h7H,3-6H2,1-2H3,(H,11,13). The number of hydrogen-bond donors (Lipinski definition) is 1. The molecule has 5 nitrogen and oxygen atoms in total. The lowest BCUT2D eigenvalue weighted by atomic mass is 10.2. The van der Waals surface area contributed by atoms with Gasteiger partial charge in [-0.05, 0) is 19.3 Å². The van der Waals surface area contributed by atoms with Crippen molar-refractivity contribution in [1.82, 2.24) is 5.32 Å². The summed E-state index contributed by atoms with van der Waals surface area (Å²) in [4.78, 5) is 21.5. The van der Waals surface area contributed by atoms with Crippen molar-refractivity contribution in [3.63, 3.8) is 0 Å². The van der Waals surface area contributed by atoms with Crippen LogP contribution in [0.5, 0.6) is 0 Å². The van der Waals surface area contributed by atoms with E-state index in [1.807, 2.05) is 0 Å². The van der Waals surface area contributed by atoms with Gasteiger partial charge in [0.1, 0.15) is 5.38 Å². The summed E-state index contributed by atoms with van der Waals surface area (Å²) in [5.41, 5.74) is 0. The fourth-order valence-electron chi connectivity index (χ4n) is 0.957. The number of alkyl halides is 1. The normalized spacial score (nSPS) is 11.7. The van der Waals surface area contributed by atoms with Gasteiger partial charge >= 0.3 is 12.1 Å². The van der Waals surface area contributed by atoms with E-state index in [0.717, 1.165) is 12.8 Å². The van der Waals surface area contributed by atoms with Crippen LogP contribution in [0.4, 0.5) is 4.79 Å². The van der Waals surface area contributed by atoms with Crippen molar-refractivity contribution >= 4 is 23.7 Å². The first-order valence-corrected chi connectivity index (χ1v) is 5.09. The van der Waals surface area contributed by atoms with Crippen LogP contribution in [-0.2, 0) is 14.3 Å². The third kappa shape index (κ3) is 7.02. The van der Waals surface area contributed by atoms with E-state index in [1.165, 1.54) is 14.2 Å². The van der Waals surface area contributed by atoms with Crippen LogP contribution in [0.1, 0.15) is 19.3 Å². The molecule has 0 aliphatic rings. The average molecular weight is 238 g/mol. The summed E-state index contributed by atoms with van der Waals surface area (Å²) in [7, 11) is 2.61. The molecule has 0 aromatic heterocycles. The number of ether oxygens (including phenoxy) is 2. The van der Waals surface area contributed by atoms with Gasteiger partial charge < -0.3 is 14.8 Å². The molecule has 0 aromatic carbocycles. The Morgan fingerprint density at radius 2 is 1.93 bits per heavy atom. The second kappa shape index (κ2) is 8.35. The SMILES string of the molecule is COC(=O)NCCCCC(Cl)C(=O)OC. The van der Waals surface area contributed by atoms with Crippen LogP contribution < -0.4 is 5.32 Å². The minimum absolute atomic E-state index is 0.419. The number of carbonyl (C=O) groups is 2. The molecule has 6 heteroatoms. The van der Waals surface area contributed by atoms with Gasteiger partial charge in [-0.1, -0.05) is 0 Å². The predicted octanol–water partition coefficient (Wildman–Crippen LogP) is 1.29. The van der Waals surface area contributed by atoms with Gasteiger partial charge in [0.2, 0.25) is 0 Å². The maximum absolute atomic E-state index is 10.9. The molecule has 0 saturated carbocycles. The highest BCUT2D eigenvalue weighted by Crippen LogP contribution is 2.08. The van der Waals surface area contributed by atoms with Gasteiger partial charge in [0.25, 0.3) is 0 Å². The topological polar surface area (TPSA) is 64.6 Å². The molecule has 15 heavy (non-hydrogen) atoms. The molecule has 0 rings (SSSR count). The number of nitrogens with one attached hydrogen (secondary N) is 1. The van der Waals surface area contributed by atoms with Gasteiger partial charge in [-0.3, -0.25) is 4.79 Å². The number of hydrogen-bond acceptors (Lipinski definition) is 4. The number of halogens is 1.